The second-order valence-electron chi connectivity index (χ2n) is 5.02. The minimum absolute atomic E-state index is 0.233. The molecular weight excluding hydrogens is 294 g/mol. The second kappa shape index (κ2) is 6.14. The Kier molecular flexibility index (Phi) is 4.77. The van der Waals surface area contributed by atoms with Crippen molar-refractivity contribution in [2.45, 2.75) is 25.9 Å². The van der Waals surface area contributed by atoms with E-state index in [-0.39, 0.29) is 6.04 Å². The van der Waals surface area contributed by atoms with Crippen LogP contribution >= 0.6 is 15.9 Å². The molecule has 1 atom stereocenters. The molecule has 2 rings (SSSR count). The number of nitrogens with two attached hydrogens (primary N) is 1. The maximum atomic E-state index is 5.93. The van der Waals surface area contributed by atoms with Gasteiger partial charge in [-0.3, -0.25) is 9.80 Å². The van der Waals surface area contributed by atoms with Gasteiger partial charge in [-0.15, -0.1) is 0 Å². The summed E-state index contributed by atoms with van der Waals surface area (Å²) in [5.41, 5.74) is 7.03. The third-order valence-electron chi connectivity index (χ3n) is 3.70. The molecule has 1 saturated heterocycles. The SMILES string of the molecule is CC(C)N1CCN(C(CN)c2[nH]cnc2Br)CC1. The van der Waals surface area contributed by atoms with Crippen LogP contribution in [-0.2, 0) is 0 Å². The van der Waals surface area contributed by atoms with Crippen molar-refractivity contribution in [3.63, 3.8) is 0 Å². The van der Waals surface area contributed by atoms with E-state index in [1.54, 1.807) is 6.33 Å². The van der Waals surface area contributed by atoms with Crippen LogP contribution in [0.1, 0.15) is 25.6 Å². The van der Waals surface area contributed by atoms with Crippen LogP contribution in [0.4, 0.5) is 0 Å². The lowest BCUT2D eigenvalue weighted by Crippen LogP contribution is -2.51. The predicted octanol–water partition coefficient (Wildman–Crippen LogP) is 1.20. The Morgan fingerprint density at radius 2 is 1.94 bits per heavy atom. The summed E-state index contributed by atoms with van der Waals surface area (Å²) >= 11 is 3.47. The van der Waals surface area contributed by atoms with Crippen LogP contribution in [0.15, 0.2) is 10.9 Å². The summed E-state index contributed by atoms with van der Waals surface area (Å²) in [6.45, 7) is 9.46. The van der Waals surface area contributed by atoms with Gasteiger partial charge in [0.1, 0.15) is 4.60 Å². The highest BCUT2D eigenvalue weighted by Gasteiger charge is 2.27. The van der Waals surface area contributed by atoms with Crippen LogP contribution < -0.4 is 5.73 Å². The number of imidazole rings is 1. The normalized spacial score (nSPS) is 20.5. The average Bonchev–Trinajstić information content (AvgIpc) is 2.78. The molecule has 0 aromatic carbocycles. The lowest BCUT2D eigenvalue weighted by Gasteiger charge is -2.40. The van der Waals surface area contributed by atoms with Gasteiger partial charge in [0.15, 0.2) is 0 Å². The zero-order valence-corrected chi connectivity index (χ0v) is 12.7. The maximum Gasteiger partial charge on any atom is 0.128 e. The molecule has 1 aromatic rings. The molecule has 1 aromatic heterocycles. The van der Waals surface area contributed by atoms with E-state index in [4.69, 9.17) is 5.73 Å². The summed E-state index contributed by atoms with van der Waals surface area (Å²) in [7, 11) is 0. The first-order valence-corrected chi connectivity index (χ1v) is 7.29. The van der Waals surface area contributed by atoms with Crippen molar-refractivity contribution in [3.8, 4) is 0 Å². The van der Waals surface area contributed by atoms with Crippen molar-refractivity contribution in [3.05, 3.63) is 16.6 Å². The molecule has 0 spiro atoms. The van der Waals surface area contributed by atoms with Crippen LogP contribution in [0.25, 0.3) is 0 Å². The van der Waals surface area contributed by atoms with Gasteiger partial charge in [0.2, 0.25) is 0 Å². The van der Waals surface area contributed by atoms with Crippen molar-refractivity contribution in [1.82, 2.24) is 19.8 Å². The largest absolute Gasteiger partial charge is 0.346 e. The predicted molar refractivity (Wildman–Crippen MR) is 76.4 cm³/mol. The Balaban J connectivity index is 2.01. The van der Waals surface area contributed by atoms with Crippen LogP contribution in [0.2, 0.25) is 0 Å². The minimum atomic E-state index is 0.233. The number of nitrogens with one attached hydrogen (secondary N) is 1. The Hall–Kier alpha value is -0.430. The number of piperazine rings is 1. The molecule has 0 bridgehead atoms. The molecular formula is C12H22BrN5. The Morgan fingerprint density at radius 1 is 1.33 bits per heavy atom. The van der Waals surface area contributed by atoms with Gasteiger partial charge in [0.25, 0.3) is 0 Å². The number of hydrogen-bond acceptors (Lipinski definition) is 4. The van der Waals surface area contributed by atoms with Crippen molar-refractivity contribution in [2.24, 2.45) is 5.73 Å². The quantitative estimate of drug-likeness (QED) is 0.876. The first-order valence-electron chi connectivity index (χ1n) is 6.50. The number of halogens is 1. The molecule has 1 unspecified atom stereocenters. The van der Waals surface area contributed by atoms with Crippen molar-refractivity contribution < 1.29 is 0 Å². The van der Waals surface area contributed by atoms with E-state index in [0.29, 0.717) is 12.6 Å². The van der Waals surface area contributed by atoms with Crippen LogP contribution in [-0.4, -0.2) is 58.5 Å². The molecule has 5 nitrogen and oxygen atoms in total. The molecule has 1 aliphatic rings. The smallest absolute Gasteiger partial charge is 0.128 e. The van der Waals surface area contributed by atoms with E-state index >= 15 is 0 Å². The summed E-state index contributed by atoms with van der Waals surface area (Å²) < 4.78 is 0.879. The van der Waals surface area contributed by atoms with Crippen molar-refractivity contribution >= 4 is 15.9 Å². The molecule has 6 heteroatoms. The highest BCUT2D eigenvalue weighted by atomic mass is 79.9. The first kappa shape index (κ1) is 14.0. The fourth-order valence-corrected chi connectivity index (χ4v) is 3.02. The monoisotopic (exact) mass is 315 g/mol. The first-order chi connectivity index (χ1) is 8.63. The molecule has 1 aliphatic heterocycles. The summed E-state index contributed by atoms with van der Waals surface area (Å²) in [4.78, 5) is 12.3. The van der Waals surface area contributed by atoms with Gasteiger partial charge in [-0.05, 0) is 29.8 Å². The van der Waals surface area contributed by atoms with Gasteiger partial charge in [-0.2, -0.15) is 0 Å². The van der Waals surface area contributed by atoms with Crippen molar-refractivity contribution in [1.29, 1.82) is 0 Å². The third kappa shape index (κ3) is 2.93. The lowest BCUT2D eigenvalue weighted by atomic mass is 10.1. The summed E-state index contributed by atoms with van der Waals surface area (Å²) in [6, 6.07) is 0.860. The van der Waals surface area contributed by atoms with E-state index in [2.05, 4.69) is 49.5 Å². The van der Waals surface area contributed by atoms with E-state index in [1.165, 1.54) is 0 Å². The second-order valence-corrected chi connectivity index (χ2v) is 5.78. The highest BCUT2D eigenvalue weighted by Crippen LogP contribution is 2.25. The van der Waals surface area contributed by atoms with E-state index < -0.39 is 0 Å². The topological polar surface area (TPSA) is 61.2 Å². The van der Waals surface area contributed by atoms with Gasteiger partial charge in [0.05, 0.1) is 18.1 Å². The van der Waals surface area contributed by atoms with E-state index in [1.807, 2.05) is 0 Å². The molecule has 1 fully saturated rings. The molecule has 102 valence electrons. The average molecular weight is 316 g/mol. The fourth-order valence-electron chi connectivity index (χ4n) is 2.54. The molecule has 0 amide bonds. The van der Waals surface area contributed by atoms with Crippen LogP contribution in [0, 0.1) is 0 Å². The number of hydrogen-bond donors (Lipinski definition) is 2. The summed E-state index contributed by atoms with van der Waals surface area (Å²) in [6.07, 6.45) is 1.71. The van der Waals surface area contributed by atoms with E-state index in [9.17, 15) is 0 Å². The number of rotatable bonds is 4. The zero-order valence-electron chi connectivity index (χ0n) is 11.1. The molecule has 2 heterocycles. The van der Waals surface area contributed by atoms with Gasteiger partial charge in [0, 0.05) is 38.8 Å². The standard InChI is InChI=1S/C12H22BrN5/c1-9(2)17-3-5-18(6-4-17)10(7-14)11-12(13)16-8-15-11/h8-10H,3-7,14H2,1-2H3,(H,15,16). The molecule has 0 radical (unpaired) electrons. The molecule has 0 aliphatic carbocycles. The Labute approximate surface area is 117 Å². The number of aromatic amines is 1. The van der Waals surface area contributed by atoms with Gasteiger partial charge in [-0.25, -0.2) is 4.98 Å². The number of H-pyrrole nitrogens is 1. The van der Waals surface area contributed by atoms with Crippen LogP contribution in [0.3, 0.4) is 0 Å². The summed E-state index contributed by atoms with van der Waals surface area (Å²) in [5, 5.41) is 0. The maximum absolute atomic E-state index is 5.93. The molecule has 3 N–H and O–H groups in total. The summed E-state index contributed by atoms with van der Waals surface area (Å²) in [5.74, 6) is 0. The van der Waals surface area contributed by atoms with Crippen molar-refractivity contribution in [2.75, 3.05) is 32.7 Å². The van der Waals surface area contributed by atoms with Crippen LogP contribution in [0.5, 0.6) is 0 Å². The van der Waals surface area contributed by atoms with Gasteiger partial charge in [-0.1, -0.05) is 0 Å². The Bertz CT molecular complexity index is 370. The zero-order chi connectivity index (χ0) is 13.1. The number of nitrogens with zero attached hydrogens (tertiary/aromatic N) is 3. The highest BCUT2D eigenvalue weighted by molar-refractivity contribution is 9.10. The van der Waals surface area contributed by atoms with Gasteiger partial charge >= 0.3 is 0 Å². The van der Waals surface area contributed by atoms with Gasteiger partial charge < -0.3 is 10.7 Å². The minimum Gasteiger partial charge on any atom is -0.346 e. The number of aromatic nitrogens is 2. The molecule has 18 heavy (non-hydrogen) atoms. The lowest BCUT2D eigenvalue weighted by molar-refractivity contribution is 0.0788. The third-order valence-corrected chi connectivity index (χ3v) is 4.33. The fraction of sp³-hybridized carbons (Fsp3) is 0.750. The Morgan fingerprint density at radius 3 is 2.39 bits per heavy atom. The molecule has 0 saturated carbocycles. The van der Waals surface area contributed by atoms with E-state index in [0.717, 1.165) is 36.5 Å².